The molecule has 134 valence electrons. The van der Waals surface area contributed by atoms with Gasteiger partial charge in [0, 0.05) is 23.3 Å². The van der Waals surface area contributed by atoms with E-state index in [9.17, 15) is 0 Å². The molecule has 0 saturated heterocycles. The maximum absolute atomic E-state index is 5.17. The van der Waals surface area contributed by atoms with Crippen molar-refractivity contribution in [1.29, 1.82) is 0 Å². The highest BCUT2D eigenvalue weighted by atomic mass is 14.7. The number of aryl methyl sites for hydroxylation is 1. The van der Waals surface area contributed by atoms with Crippen molar-refractivity contribution in [2.75, 3.05) is 0 Å². The van der Waals surface area contributed by atoms with Crippen LogP contribution in [-0.2, 0) is 19.3 Å². The molecule has 1 aliphatic rings. The predicted molar refractivity (Wildman–Crippen MR) is 106 cm³/mol. The molecular weight excluding hydrogens is 304 g/mol. The number of hydrogen-bond donors (Lipinski definition) is 0. The molecule has 0 amide bonds. The Morgan fingerprint density at radius 1 is 1.00 bits per heavy atom. The van der Waals surface area contributed by atoms with Gasteiger partial charge in [0.2, 0.25) is 0 Å². The SMILES string of the molecule is CCc1c(C(C)C)nc2c(c1-c1ccnc(C(C)C)c1)CCCCC2. The largest absolute Gasteiger partial charge is 0.261 e. The maximum atomic E-state index is 5.17. The summed E-state index contributed by atoms with van der Waals surface area (Å²) in [4.78, 5) is 9.76. The molecule has 2 heteroatoms. The third-order valence-corrected chi connectivity index (χ3v) is 5.42. The van der Waals surface area contributed by atoms with Crippen LogP contribution < -0.4 is 0 Å². The molecule has 3 rings (SSSR count). The molecular formula is C23H32N2. The molecule has 0 bridgehead atoms. The first-order chi connectivity index (χ1) is 12.0. The predicted octanol–water partition coefficient (Wildman–Crippen LogP) is 6.22. The van der Waals surface area contributed by atoms with Crippen molar-refractivity contribution in [3.8, 4) is 11.1 Å². The Hall–Kier alpha value is -1.70. The zero-order valence-corrected chi connectivity index (χ0v) is 16.5. The Morgan fingerprint density at radius 2 is 1.76 bits per heavy atom. The minimum atomic E-state index is 0.454. The summed E-state index contributed by atoms with van der Waals surface area (Å²) in [5.74, 6) is 0.920. The zero-order chi connectivity index (χ0) is 18.0. The van der Waals surface area contributed by atoms with Gasteiger partial charge in [0.25, 0.3) is 0 Å². The summed E-state index contributed by atoms with van der Waals surface area (Å²) in [7, 11) is 0. The molecule has 2 aromatic heterocycles. The van der Waals surface area contributed by atoms with E-state index in [-0.39, 0.29) is 0 Å². The quantitative estimate of drug-likeness (QED) is 0.619. The van der Waals surface area contributed by atoms with E-state index in [2.05, 4.69) is 51.7 Å². The Morgan fingerprint density at radius 3 is 2.44 bits per heavy atom. The van der Waals surface area contributed by atoms with E-state index in [0.717, 1.165) is 12.8 Å². The van der Waals surface area contributed by atoms with Crippen LogP contribution in [0.5, 0.6) is 0 Å². The van der Waals surface area contributed by atoms with Crippen LogP contribution in [0.25, 0.3) is 11.1 Å². The topological polar surface area (TPSA) is 25.8 Å². The van der Waals surface area contributed by atoms with Gasteiger partial charge in [-0.3, -0.25) is 9.97 Å². The summed E-state index contributed by atoms with van der Waals surface area (Å²) in [5.41, 5.74) is 9.64. The molecule has 0 fully saturated rings. The Labute approximate surface area is 153 Å². The van der Waals surface area contributed by atoms with Gasteiger partial charge in [-0.1, -0.05) is 41.0 Å². The van der Waals surface area contributed by atoms with Gasteiger partial charge in [-0.2, -0.15) is 0 Å². The van der Waals surface area contributed by atoms with Crippen molar-refractivity contribution >= 4 is 0 Å². The van der Waals surface area contributed by atoms with E-state index in [1.807, 2.05) is 6.20 Å². The van der Waals surface area contributed by atoms with E-state index >= 15 is 0 Å². The van der Waals surface area contributed by atoms with Crippen LogP contribution in [0.4, 0.5) is 0 Å². The maximum Gasteiger partial charge on any atom is 0.0470 e. The summed E-state index contributed by atoms with van der Waals surface area (Å²) in [6, 6.07) is 4.52. The minimum Gasteiger partial charge on any atom is -0.261 e. The number of hydrogen-bond acceptors (Lipinski definition) is 2. The van der Waals surface area contributed by atoms with E-state index in [1.54, 1.807) is 0 Å². The van der Waals surface area contributed by atoms with Gasteiger partial charge in [0.05, 0.1) is 0 Å². The second-order valence-corrected chi connectivity index (χ2v) is 7.97. The zero-order valence-electron chi connectivity index (χ0n) is 16.5. The van der Waals surface area contributed by atoms with Crippen molar-refractivity contribution in [2.45, 2.75) is 85.0 Å². The van der Waals surface area contributed by atoms with Crippen LogP contribution in [0.2, 0.25) is 0 Å². The molecule has 1 aliphatic carbocycles. The molecule has 0 radical (unpaired) electrons. The fourth-order valence-corrected chi connectivity index (χ4v) is 4.09. The summed E-state index contributed by atoms with van der Waals surface area (Å²) in [6.07, 6.45) is 9.22. The second-order valence-electron chi connectivity index (χ2n) is 7.97. The standard InChI is InChI=1S/C23H32N2/c1-6-18-22(17-12-13-24-21(14-17)15(2)3)19-10-8-7-9-11-20(19)25-23(18)16(4)5/h12-16H,6-11H2,1-5H3. The van der Waals surface area contributed by atoms with Crippen molar-refractivity contribution in [3.63, 3.8) is 0 Å². The molecule has 0 N–H and O–H groups in total. The lowest BCUT2D eigenvalue weighted by Crippen LogP contribution is -2.10. The van der Waals surface area contributed by atoms with Gasteiger partial charge in [-0.05, 0) is 78.3 Å². The third-order valence-electron chi connectivity index (χ3n) is 5.42. The molecule has 2 heterocycles. The highest BCUT2D eigenvalue weighted by Crippen LogP contribution is 2.37. The number of rotatable bonds is 4. The first-order valence-corrected chi connectivity index (χ1v) is 10.0. The molecule has 0 aromatic carbocycles. The van der Waals surface area contributed by atoms with Gasteiger partial charge in [0.15, 0.2) is 0 Å². The van der Waals surface area contributed by atoms with E-state index < -0.39 is 0 Å². The van der Waals surface area contributed by atoms with E-state index in [4.69, 9.17) is 4.98 Å². The summed E-state index contributed by atoms with van der Waals surface area (Å²) < 4.78 is 0. The fraction of sp³-hybridized carbons (Fsp3) is 0.565. The summed E-state index contributed by atoms with van der Waals surface area (Å²) in [5, 5.41) is 0. The molecule has 0 saturated carbocycles. The molecule has 2 nitrogen and oxygen atoms in total. The van der Waals surface area contributed by atoms with Gasteiger partial charge in [0.1, 0.15) is 0 Å². The van der Waals surface area contributed by atoms with Crippen LogP contribution in [0.1, 0.15) is 93.9 Å². The molecule has 0 unspecified atom stereocenters. The van der Waals surface area contributed by atoms with Gasteiger partial charge in [-0.15, -0.1) is 0 Å². The molecule has 0 atom stereocenters. The molecule has 2 aromatic rings. The van der Waals surface area contributed by atoms with Crippen LogP contribution in [0, 0.1) is 0 Å². The Kier molecular flexibility index (Phi) is 5.56. The first kappa shape index (κ1) is 18.1. The third kappa shape index (κ3) is 3.63. The second kappa shape index (κ2) is 7.68. The lowest BCUT2D eigenvalue weighted by molar-refractivity contribution is 0.706. The van der Waals surface area contributed by atoms with E-state index in [1.165, 1.54) is 65.0 Å². The number of nitrogens with zero attached hydrogens (tertiary/aromatic N) is 2. The van der Waals surface area contributed by atoms with Crippen LogP contribution in [-0.4, -0.2) is 9.97 Å². The average molecular weight is 337 g/mol. The van der Waals surface area contributed by atoms with Crippen molar-refractivity contribution in [3.05, 3.63) is 46.5 Å². The Balaban J connectivity index is 2.29. The number of pyridine rings is 2. The van der Waals surface area contributed by atoms with Crippen LogP contribution >= 0.6 is 0 Å². The normalized spacial score (nSPS) is 14.7. The van der Waals surface area contributed by atoms with E-state index in [0.29, 0.717) is 11.8 Å². The number of aromatic nitrogens is 2. The first-order valence-electron chi connectivity index (χ1n) is 10.0. The molecule has 0 spiro atoms. The van der Waals surface area contributed by atoms with Gasteiger partial charge >= 0.3 is 0 Å². The summed E-state index contributed by atoms with van der Waals surface area (Å²) in [6.45, 7) is 11.3. The van der Waals surface area contributed by atoms with Crippen LogP contribution in [0.3, 0.4) is 0 Å². The monoisotopic (exact) mass is 336 g/mol. The highest BCUT2D eigenvalue weighted by molar-refractivity contribution is 5.73. The fourth-order valence-electron chi connectivity index (χ4n) is 4.09. The molecule has 0 aliphatic heterocycles. The van der Waals surface area contributed by atoms with Crippen LogP contribution in [0.15, 0.2) is 18.3 Å². The Bertz CT molecular complexity index is 744. The van der Waals surface area contributed by atoms with Crippen molar-refractivity contribution in [1.82, 2.24) is 9.97 Å². The highest BCUT2D eigenvalue weighted by Gasteiger charge is 2.22. The summed E-state index contributed by atoms with van der Waals surface area (Å²) >= 11 is 0. The van der Waals surface area contributed by atoms with Crippen molar-refractivity contribution < 1.29 is 0 Å². The van der Waals surface area contributed by atoms with Gasteiger partial charge < -0.3 is 0 Å². The number of fused-ring (bicyclic) bond motifs is 1. The minimum absolute atomic E-state index is 0.454. The smallest absolute Gasteiger partial charge is 0.0470 e. The van der Waals surface area contributed by atoms with Crippen molar-refractivity contribution in [2.24, 2.45) is 0 Å². The average Bonchev–Trinajstić information content (AvgIpc) is 2.85. The lowest BCUT2D eigenvalue weighted by Gasteiger charge is -2.22. The van der Waals surface area contributed by atoms with Gasteiger partial charge in [-0.25, -0.2) is 0 Å². The molecule has 25 heavy (non-hydrogen) atoms. The lowest BCUT2D eigenvalue weighted by atomic mass is 9.86.